The van der Waals surface area contributed by atoms with E-state index in [-0.39, 0.29) is 0 Å². The fourth-order valence-electron chi connectivity index (χ4n) is 1.79. The molecule has 0 radical (unpaired) electrons. The molecule has 2 aromatic rings. The number of nitrogens with zero attached hydrogens (tertiary/aromatic N) is 1. The van der Waals surface area contributed by atoms with Gasteiger partial charge in [0.1, 0.15) is 12.4 Å². The zero-order valence-electron chi connectivity index (χ0n) is 12.6. The van der Waals surface area contributed by atoms with Gasteiger partial charge in [-0.25, -0.2) is 0 Å². The van der Waals surface area contributed by atoms with Crippen LogP contribution < -0.4 is 15.5 Å². The topological polar surface area (TPSA) is 45.6 Å². The lowest BCUT2D eigenvalue weighted by Gasteiger charge is -2.09. The minimum Gasteiger partial charge on any atom is -0.489 e. The van der Waals surface area contributed by atoms with E-state index in [0.29, 0.717) is 22.5 Å². The monoisotopic (exact) mass is 423 g/mol. The summed E-state index contributed by atoms with van der Waals surface area (Å²) in [5.74, 6) is 0.706. The highest BCUT2D eigenvalue weighted by Crippen LogP contribution is 2.21. The quantitative estimate of drug-likeness (QED) is 0.297. The van der Waals surface area contributed by atoms with E-state index in [1.165, 1.54) is 0 Å². The highest BCUT2D eigenvalue weighted by molar-refractivity contribution is 9.10. The highest BCUT2D eigenvalue weighted by Gasteiger charge is 2.02. The summed E-state index contributed by atoms with van der Waals surface area (Å²) in [5, 5.41) is 8.12. The van der Waals surface area contributed by atoms with Crippen molar-refractivity contribution >= 4 is 56.8 Å². The minimum atomic E-state index is 0.358. The normalized spacial score (nSPS) is 10.4. The van der Waals surface area contributed by atoms with E-state index in [9.17, 15) is 0 Å². The first-order valence-corrected chi connectivity index (χ1v) is 8.55. The summed E-state index contributed by atoms with van der Waals surface area (Å²) >= 11 is 14.5. The van der Waals surface area contributed by atoms with Crippen LogP contribution in [0.2, 0.25) is 5.02 Å². The predicted molar refractivity (Wildman–Crippen MR) is 108 cm³/mol. The van der Waals surface area contributed by atoms with Crippen LogP contribution in [0.5, 0.6) is 5.75 Å². The third-order valence-electron chi connectivity index (χ3n) is 2.78. The molecule has 0 heterocycles. The van der Waals surface area contributed by atoms with Gasteiger partial charge in [0.05, 0.1) is 6.21 Å². The average Bonchev–Trinajstić information content (AvgIpc) is 2.54. The molecule has 2 aromatic carbocycles. The lowest BCUT2D eigenvalue weighted by molar-refractivity contribution is 0.362. The number of hydrogen-bond donors (Lipinski definition) is 2. The standard InChI is InChI=1S/C17H15BrClN3OS/c1-2-8-23-16-7-6-13(18)9-12(16)11-20-22-17(24)21-15-5-3-4-14(19)10-15/h2-7,9-11H,1,8H2,(H2,21,22,24). The first-order valence-electron chi connectivity index (χ1n) is 6.97. The number of anilines is 1. The van der Waals surface area contributed by atoms with Gasteiger partial charge < -0.3 is 10.1 Å². The van der Waals surface area contributed by atoms with Crippen molar-refractivity contribution in [2.75, 3.05) is 11.9 Å². The molecule has 0 saturated heterocycles. The molecular weight excluding hydrogens is 410 g/mol. The third-order valence-corrected chi connectivity index (χ3v) is 3.70. The number of benzene rings is 2. The Morgan fingerprint density at radius 3 is 2.92 bits per heavy atom. The Hall–Kier alpha value is -1.89. The van der Waals surface area contributed by atoms with Crippen LogP contribution in [-0.2, 0) is 0 Å². The Bertz CT molecular complexity index is 767. The number of halogens is 2. The molecular formula is C17H15BrClN3OS. The average molecular weight is 425 g/mol. The van der Waals surface area contributed by atoms with Crippen molar-refractivity contribution < 1.29 is 4.74 Å². The zero-order chi connectivity index (χ0) is 17.4. The van der Waals surface area contributed by atoms with Gasteiger partial charge in [0.15, 0.2) is 5.11 Å². The van der Waals surface area contributed by atoms with Gasteiger partial charge in [-0.1, -0.05) is 46.3 Å². The van der Waals surface area contributed by atoms with E-state index in [2.05, 4.69) is 38.4 Å². The van der Waals surface area contributed by atoms with Crippen molar-refractivity contribution in [1.29, 1.82) is 0 Å². The first kappa shape index (κ1) is 18.4. The molecule has 2 rings (SSSR count). The van der Waals surface area contributed by atoms with Crippen molar-refractivity contribution in [3.05, 3.63) is 70.2 Å². The Kier molecular flexibility index (Phi) is 7.24. The molecule has 0 amide bonds. The Morgan fingerprint density at radius 1 is 1.33 bits per heavy atom. The summed E-state index contributed by atoms with van der Waals surface area (Å²) in [6, 6.07) is 12.9. The van der Waals surface area contributed by atoms with Crippen LogP contribution >= 0.6 is 39.7 Å². The van der Waals surface area contributed by atoms with Crippen LogP contribution in [0.4, 0.5) is 5.69 Å². The highest BCUT2D eigenvalue weighted by atomic mass is 79.9. The Labute approximate surface area is 159 Å². The smallest absolute Gasteiger partial charge is 0.191 e. The van der Waals surface area contributed by atoms with E-state index in [1.807, 2.05) is 30.3 Å². The van der Waals surface area contributed by atoms with Crippen molar-refractivity contribution in [3.63, 3.8) is 0 Å². The van der Waals surface area contributed by atoms with Gasteiger partial charge in [-0.3, -0.25) is 5.43 Å². The minimum absolute atomic E-state index is 0.358. The molecule has 0 unspecified atom stereocenters. The third kappa shape index (κ3) is 5.96. The van der Waals surface area contributed by atoms with Gasteiger partial charge in [0, 0.05) is 20.7 Å². The molecule has 0 aliphatic rings. The summed E-state index contributed by atoms with van der Waals surface area (Å²) in [6.07, 6.45) is 3.32. The molecule has 124 valence electrons. The van der Waals surface area contributed by atoms with Gasteiger partial charge in [-0.2, -0.15) is 5.10 Å². The van der Waals surface area contributed by atoms with Crippen LogP contribution in [0.25, 0.3) is 0 Å². The maximum absolute atomic E-state index is 5.93. The summed E-state index contributed by atoms with van der Waals surface area (Å²) < 4.78 is 6.51. The van der Waals surface area contributed by atoms with Gasteiger partial charge in [-0.05, 0) is 48.6 Å². The maximum atomic E-state index is 5.93. The molecule has 0 saturated carbocycles. The molecule has 0 bridgehead atoms. The number of nitrogens with one attached hydrogen (secondary N) is 2. The van der Waals surface area contributed by atoms with Crippen LogP contribution in [0.15, 0.2) is 64.7 Å². The van der Waals surface area contributed by atoms with Gasteiger partial charge in [0.25, 0.3) is 0 Å². The van der Waals surface area contributed by atoms with Gasteiger partial charge in [0.2, 0.25) is 0 Å². The predicted octanol–water partition coefficient (Wildman–Crippen LogP) is 4.99. The van der Waals surface area contributed by atoms with Crippen LogP contribution in [0.1, 0.15) is 5.56 Å². The van der Waals surface area contributed by atoms with E-state index in [1.54, 1.807) is 24.4 Å². The second-order valence-corrected chi connectivity index (χ2v) is 6.38. The molecule has 0 aliphatic carbocycles. The lowest BCUT2D eigenvalue weighted by atomic mass is 10.2. The van der Waals surface area contributed by atoms with Crippen LogP contribution in [0.3, 0.4) is 0 Å². The molecule has 0 spiro atoms. The number of hydrazone groups is 1. The van der Waals surface area contributed by atoms with Crippen molar-refractivity contribution in [2.45, 2.75) is 0 Å². The Balaban J connectivity index is 1.99. The second-order valence-electron chi connectivity index (χ2n) is 4.62. The van der Waals surface area contributed by atoms with E-state index >= 15 is 0 Å². The lowest BCUT2D eigenvalue weighted by Crippen LogP contribution is -2.23. The fraction of sp³-hybridized carbons (Fsp3) is 0.0588. The number of thiocarbonyl (C=S) groups is 1. The van der Waals surface area contributed by atoms with Crippen molar-refractivity contribution in [1.82, 2.24) is 5.43 Å². The SMILES string of the molecule is C=CCOc1ccc(Br)cc1C=NNC(=S)Nc1cccc(Cl)c1. The van der Waals surface area contributed by atoms with Crippen LogP contribution in [-0.4, -0.2) is 17.9 Å². The zero-order valence-corrected chi connectivity index (χ0v) is 15.8. The molecule has 24 heavy (non-hydrogen) atoms. The van der Waals surface area contributed by atoms with Gasteiger partial charge >= 0.3 is 0 Å². The molecule has 0 aromatic heterocycles. The summed E-state index contributed by atoms with van der Waals surface area (Å²) in [7, 11) is 0. The molecule has 0 atom stereocenters. The number of ether oxygens (including phenoxy) is 1. The molecule has 0 aliphatic heterocycles. The maximum Gasteiger partial charge on any atom is 0.191 e. The van der Waals surface area contributed by atoms with E-state index in [0.717, 1.165) is 15.7 Å². The fourth-order valence-corrected chi connectivity index (χ4v) is 2.53. The van der Waals surface area contributed by atoms with Crippen molar-refractivity contribution in [3.8, 4) is 5.75 Å². The number of hydrogen-bond acceptors (Lipinski definition) is 3. The van der Waals surface area contributed by atoms with Crippen molar-refractivity contribution in [2.24, 2.45) is 5.10 Å². The molecule has 7 heteroatoms. The number of rotatable bonds is 6. The largest absolute Gasteiger partial charge is 0.489 e. The van der Waals surface area contributed by atoms with E-state index in [4.69, 9.17) is 28.6 Å². The molecule has 2 N–H and O–H groups in total. The van der Waals surface area contributed by atoms with Crippen LogP contribution in [0, 0.1) is 0 Å². The molecule has 0 fully saturated rings. The second kappa shape index (κ2) is 9.42. The summed E-state index contributed by atoms with van der Waals surface area (Å²) in [5.41, 5.74) is 4.35. The van der Waals surface area contributed by atoms with E-state index < -0.39 is 0 Å². The summed E-state index contributed by atoms with van der Waals surface area (Å²) in [6.45, 7) is 4.06. The molecule has 4 nitrogen and oxygen atoms in total. The van der Waals surface area contributed by atoms with Gasteiger partial charge in [-0.15, -0.1) is 0 Å². The first-order chi connectivity index (χ1) is 11.6. The summed E-state index contributed by atoms with van der Waals surface area (Å²) in [4.78, 5) is 0. The Morgan fingerprint density at radius 2 is 2.17 bits per heavy atom.